The molecule has 0 unspecified atom stereocenters. The highest BCUT2D eigenvalue weighted by atomic mass is 32.2. The van der Waals surface area contributed by atoms with Crippen molar-refractivity contribution in [2.75, 3.05) is 25.9 Å². The van der Waals surface area contributed by atoms with E-state index >= 15 is 0 Å². The van der Waals surface area contributed by atoms with Crippen LogP contribution in [0.3, 0.4) is 0 Å². The van der Waals surface area contributed by atoms with Crippen molar-refractivity contribution in [3.8, 4) is 0 Å². The number of nitrogens with two attached hydrogens (primary N) is 1. The third-order valence-corrected chi connectivity index (χ3v) is 5.27. The molecule has 0 bridgehead atoms. The Kier molecular flexibility index (Phi) is 6.33. The van der Waals surface area contributed by atoms with Crippen LogP contribution < -0.4 is 5.73 Å². The summed E-state index contributed by atoms with van der Waals surface area (Å²) < 4.78 is 23.8. The molecule has 0 aliphatic heterocycles. The lowest BCUT2D eigenvalue weighted by Gasteiger charge is -2.22. The Balaban J connectivity index is 2.22. The summed E-state index contributed by atoms with van der Waals surface area (Å²) in [4.78, 5) is 14.7. The van der Waals surface area contributed by atoms with Gasteiger partial charge < -0.3 is 10.6 Å². The highest BCUT2D eigenvalue weighted by Crippen LogP contribution is 2.18. The second-order valence-corrected chi connectivity index (χ2v) is 8.05. The standard InChI is InChI=1S/C19H24N2O3S/c1-15-8-9-17(14-18(15)25(2,23)24)19(22)21(13-11-20)12-10-16-6-4-3-5-7-16/h3-9,14H,10-13,20H2,1-2H3. The maximum Gasteiger partial charge on any atom is 0.253 e. The first kappa shape index (κ1) is 19.1. The lowest BCUT2D eigenvalue weighted by Crippen LogP contribution is -2.37. The Morgan fingerprint density at radius 2 is 1.76 bits per heavy atom. The maximum atomic E-state index is 12.8. The Hall–Kier alpha value is -2.18. The lowest BCUT2D eigenvalue weighted by molar-refractivity contribution is 0.0762. The predicted octanol–water partition coefficient (Wildman–Crippen LogP) is 2.04. The zero-order chi connectivity index (χ0) is 18.4. The van der Waals surface area contributed by atoms with Gasteiger partial charge in [0.25, 0.3) is 5.91 Å². The second-order valence-electron chi connectivity index (χ2n) is 6.07. The second kappa shape index (κ2) is 8.27. The molecule has 0 aromatic heterocycles. The number of hydrogen-bond donors (Lipinski definition) is 1. The zero-order valence-corrected chi connectivity index (χ0v) is 15.4. The van der Waals surface area contributed by atoms with Crippen molar-refractivity contribution in [2.45, 2.75) is 18.2 Å². The molecule has 0 atom stereocenters. The van der Waals surface area contributed by atoms with Crippen molar-refractivity contribution in [1.29, 1.82) is 0 Å². The molecule has 2 aromatic rings. The van der Waals surface area contributed by atoms with Crippen LogP contribution in [0.4, 0.5) is 0 Å². The van der Waals surface area contributed by atoms with E-state index in [1.165, 1.54) is 6.07 Å². The molecule has 0 aliphatic rings. The summed E-state index contributed by atoms with van der Waals surface area (Å²) >= 11 is 0. The summed E-state index contributed by atoms with van der Waals surface area (Å²) in [6, 6.07) is 14.7. The summed E-state index contributed by atoms with van der Waals surface area (Å²) in [7, 11) is -3.38. The van der Waals surface area contributed by atoms with Crippen molar-refractivity contribution in [1.82, 2.24) is 4.90 Å². The molecule has 0 aliphatic carbocycles. The Labute approximate surface area is 149 Å². The van der Waals surface area contributed by atoms with Gasteiger partial charge in [-0.3, -0.25) is 4.79 Å². The van der Waals surface area contributed by atoms with Gasteiger partial charge in [-0.1, -0.05) is 36.4 Å². The summed E-state index contributed by atoms with van der Waals surface area (Å²) in [6.07, 6.45) is 1.87. The van der Waals surface area contributed by atoms with Gasteiger partial charge in [-0.15, -0.1) is 0 Å². The van der Waals surface area contributed by atoms with Crippen molar-refractivity contribution in [2.24, 2.45) is 5.73 Å². The van der Waals surface area contributed by atoms with Gasteiger partial charge in [0.15, 0.2) is 9.84 Å². The van der Waals surface area contributed by atoms with Gasteiger partial charge >= 0.3 is 0 Å². The van der Waals surface area contributed by atoms with Crippen LogP contribution in [0.5, 0.6) is 0 Å². The van der Waals surface area contributed by atoms with E-state index in [9.17, 15) is 13.2 Å². The van der Waals surface area contributed by atoms with E-state index in [0.29, 0.717) is 30.8 Å². The summed E-state index contributed by atoms with van der Waals surface area (Å²) in [5.74, 6) is -0.203. The van der Waals surface area contributed by atoms with Crippen molar-refractivity contribution >= 4 is 15.7 Å². The number of benzene rings is 2. The average Bonchev–Trinajstić information content (AvgIpc) is 2.58. The normalized spacial score (nSPS) is 11.3. The summed E-state index contributed by atoms with van der Waals surface area (Å²) in [5, 5.41) is 0. The fourth-order valence-electron chi connectivity index (χ4n) is 2.69. The minimum absolute atomic E-state index is 0.189. The SMILES string of the molecule is Cc1ccc(C(=O)N(CCN)CCc2ccccc2)cc1S(C)(=O)=O. The summed E-state index contributed by atoms with van der Waals surface area (Å²) in [5.41, 5.74) is 7.79. The van der Waals surface area contributed by atoms with Crippen LogP contribution in [-0.2, 0) is 16.3 Å². The Morgan fingerprint density at radius 1 is 1.08 bits per heavy atom. The van der Waals surface area contributed by atoms with Crippen molar-refractivity contribution in [3.63, 3.8) is 0 Å². The Bertz CT molecular complexity index is 833. The predicted molar refractivity (Wildman–Crippen MR) is 99.4 cm³/mol. The van der Waals surface area contributed by atoms with E-state index in [0.717, 1.165) is 18.2 Å². The molecule has 25 heavy (non-hydrogen) atoms. The maximum absolute atomic E-state index is 12.8. The number of carbonyl (C=O) groups is 1. The molecule has 0 heterocycles. The number of rotatable bonds is 7. The highest BCUT2D eigenvalue weighted by molar-refractivity contribution is 7.90. The molecule has 5 nitrogen and oxygen atoms in total. The molecular formula is C19H24N2O3S. The quantitative estimate of drug-likeness (QED) is 0.819. The van der Waals surface area contributed by atoms with Crippen LogP contribution in [0.25, 0.3) is 0 Å². The smallest absolute Gasteiger partial charge is 0.253 e. The molecule has 0 spiro atoms. The monoisotopic (exact) mass is 360 g/mol. The minimum Gasteiger partial charge on any atom is -0.337 e. The minimum atomic E-state index is -3.38. The van der Waals surface area contributed by atoms with Gasteiger partial charge in [0.2, 0.25) is 0 Å². The number of aryl methyl sites for hydroxylation is 1. The molecule has 2 rings (SSSR count). The first-order valence-electron chi connectivity index (χ1n) is 8.17. The number of nitrogens with zero attached hydrogens (tertiary/aromatic N) is 1. The first-order valence-corrected chi connectivity index (χ1v) is 10.1. The molecule has 2 aromatic carbocycles. The Morgan fingerprint density at radius 3 is 2.36 bits per heavy atom. The molecule has 0 saturated carbocycles. The van der Waals surface area contributed by atoms with Gasteiger partial charge in [-0.25, -0.2) is 8.42 Å². The fourth-order valence-corrected chi connectivity index (χ4v) is 3.69. The van der Waals surface area contributed by atoms with Crippen molar-refractivity contribution in [3.05, 3.63) is 65.2 Å². The van der Waals surface area contributed by atoms with Crippen LogP contribution >= 0.6 is 0 Å². The van der Waals surface area contributed by atoms with Gasteiger partial charge in [-0.05, 0) is 36.6 Å². The highest BCUT2D eigenvalue weighted by Gasteiger charge is 2.19. The largest absolute Gasteiger partial charge is 0.337 e. The topological polar surface area (TPSA) is 80.5 Å². The number of carbonyl (C=O) groups excluding carboxylic acids is 1. The molecule has 134 valence electrons. The molecule has 2 N–H and O–H groups in total. The van der Waals surface area contributed by atoms with Crippen LogP contribution in [0.1, 0.15) is 21.5 Å². The molecule has 0 saturated heterocycles. The number of amides is 1. The van der Waals surface area contributed by atoms with E-state index in [-0.39, 0.29) is 10.8 Å². The first-order chi connectivity index (χ1) is 11.8. The average molecular weight is 360 g/mol. The summed E-state index contributed by atoms with van der Waals surface area (Å²) in [6.45, 7) is 3.03. The molecule has 0 fully saturated rings. The van der Waals surface area contributed by atoms with E-state index in [1.807, 2.05) is 30.3 Å². The number of sulfone groups is 1. The zero-order valence-electron chi connectivity index (χ0n) is 14.6. The van der Waals surface area contributed by atoms with Gasteiger partial charge in [0.1, 0.15) is 0 Å². The van der Waals surface area contributed by atoms with Crippen LogP contribution in [-0.4, -0.2) is 45.1 Å². The van der Waals surface area contributed by atoms with E-state index in [1.54, 1.807) is 24.0 Å². The lowest BCUT2D eigenvalue weighted by atomic mass is 10.1. The van der Waals surface area contributed by atoms with Crippen molar-refractivity contribution < 1.29 is 13.2 Å². The van der Waals surface area contributed by atoms with Crippen LogP contribution in [0.2, 0.25) is 0 Å². The third-order valence-electron chi connectivity index (χ3n) is 4.03. The van der Waals surface area contributed by atoms with E-state index < -0.39 is 9.84 Å². The molecular weight excluding hydrogens is 336 g/mol. The molecule has 0 radical (unpaired) electrons. The van der Waals surface area contributed by atoms with Crippen LogP contribution in [0.15, 0.2) is 53.4 Å². The van der Waals surface area contributed by atoms with E-state index in [4.69, 9.17) is 5.73 Å². The molecule has 6 heteroatoms. The fraction of sp³-hybridized carbons (Fsp3) is 0.316. The molecule has 1 amide bonds. The number of hydrogen-bond acceptors (Lipinski definition) is 4. The van der Waals surface area contributed by atoms with Gasteiger partial charge in [0.05, 0.1) is 4.90 Å². The van der Waals surface area contributed by atoms with E-state index in [2.05, 4.69) is 0 Å². The third kappa shape index (κ3) is 5.14. The van der Waals surface area contributed by atoms with Gasteiger partial charge in [-0.2, -0.15) is 0 Å². The van der Waals surface area contributed by atoms with Crippen LogP contribution in [0, 0.1) is 6.92 Å². The van der Waals surface area contributed by atoms with Gasteiger partial charge in [0, 0.05) is 31.5 Å².